The van der Waals surface area contributed by atoms with Crippen molar-refractivity contribution in [3.05, 3.63) is 46.6 Å². The van der Waals surface area contributed by atoms with Crippen LogP contribution in [0.1, 0.15) is 72.2 Å². The van der Waals surface area contributed by atoms with Crippen molar-refractivity contribution >= 4 is 23.2 Å². The van der Waals surface area contributed by atoms with Gasteiger partial charge in [0.1, 0.15) is 17.4 Å². The summed E-state index contributed by atoms with van der Waals surface area (Å²) in [5.41, 5.74) is 10.6. The highest BCUT2D eigenvalue weighted by molar-refractivity contribution is 5.97. The maximum absolute atomic E-state index is 13.8. The molecule has 1 saturated heterocycles. The summed E-state index contributed by atoms with van der Waals surface area (Å²) in [5.74, 6) is 2.61. The fourth-order valence-corrected chi connectivity index (χ4v) is 5.84. The van der Waals surface area contributed by atoms with Gasteiger partial charge >= 0.3 is 0 Å². The second-order valence-corrected chi connectivity index (χ2v) is 10.9. The largest absolute Gasteiger partial charge is 0.493 e. The third kappa shape index (κ3) is 4.91. The number of aromatic nitrogens is 3. The lowest BCUT2D eigenvalue weighted by Crippen LogP contribution is -2.32. The molecule has 9 nitrogen and oxygen atoms in total. The SMILES string of the molecule is CCC1c2cc3nc(N4CCC(N)C4)c(C)c(n3n2)N(C)CCCCCOc2ccc(C)cc2C(=O)N1C. The Labute approximate surface area is 225 Å². The van der Waals surface area contributed by atoms with E-state index >= 15 is 0 Å². The van der Waals surface area contributed by atoms with E-state index in [0.29, 0.717) is 17.9 Å². The van der Waals surface area contributed by atoms with E-state index < -0.39 is 0 Å². The van der Waals surface area contributed by atoms with E-state index in [9.17, 15) is 4.79 Å². The number of rotatable bonds is 2. The minimum Gasteiger partial charge on any atom is -0.493 e. The van der Waals surface area contributed by atoms with E-state index in [1.54, 1.807) is 4.90 Å². The van der Waals surface area contributed by atoms with Gasteiger partial charge in [0, 0.05) is 51.4 Å². The topological polar surface area (TPSA) is 92.2 Å². The van der Waals surface area contributed by atoms with Crippen molar-refractivity contribution in [1.82, 2.24) is 19.5 Å². The maximum Gasteiger partial charge on any atom is 0.257 e. The number of benzene rings is 1. The number of carbonyl (C=O) groups is 1. The molecule has 2 unspecified atom stereocenters. The van der Waals surface area contributed by atoms with E-state index in [2.05, 4.69) is 30.7 Å². The zero-order chi connectivity index (χ0) is 27.0. The number of aryl methyl sites for hydroxylation is 1. The lowest BCUT2D eigenvalue weighted by molar-refractivity contribution is 0.0718. The zero-order valence-corrected chi connectivity index (χ0v) is 23.4. The summed E-state index contributed by atoms with van der Waals surface area (Å²) in [6.45, 7) is 9.43. The van der Waals surface area contributed by atoms with Gasteiger partial charge < -0.3 is 25.2 Å². The normalized spacial score (nSPS) is 21.3. The Hall–Kier alpha value is -3.33. The summed E-state index contributed by atoms with van der Waals surface area (Å²) in [7, 11) is 3.99. The first-order valence-electron chi connectivity index (χ1n) is 13.9. The van der Waals surface area contributed by atoms with Crippen molar-refractivity contribution in [2.75, 3.05) is 50.1 Å². The number of nitrogens with two attached hydrogens (primary N) is 1. The number of amides is 1. The minimum absolute atomic E-state index is 0.0621. The van der Waals surface area contributed by atoms with Gasteiger partial charge in [-0.1, -0.05) is 18.6 Å². The molecule has 9 heteroatoms. The summed E-state index contributed by atoms with van der Waals surface area (Å²) in [6.07, 6.45) is 4.68. The van der Waals surface area contributed by atoms with Crippen LogP contribution in [0.2, 0.25) is 0 Å². The number of hydrogen-bond acceptors (Lipinski definition) is 7. The van der Waals surface area contributed by atoms with Crippen LogP contribution in [0.5, 0.6) is 5.75 Å². The molecule has 2 aromatic heterocycles. The number of fused-ring (bicyclic) bond motifs is 2. The average Bonchev–Trinajstić information content (AvgIpc) is 3.51. The van der Waals surface area contributed by atoms with Crippen molar-refractivity contribution in [2.24, 2.45) is 5.73 Å². The monoisotopic (exact) mass is 519 g/mol. The van der Waals surface area contributed by atoms with Gasteiger partial charge in [-0.05, 0) is 58.1 Å². The predicted octanol–water partition coefficient (Wildman–Crippen LogP) is 4.11. The summed E-state index contributed by atoms with van der Waals surface area (Å²) < 4.78 is 8.10. The van der Waals surface area contributed by atoms with Crippen molar-refractivity contribution < 1.29 is 9.53 Å². The molecule has 2 aliphatic rings. The van der Waals surface area contributed by atoms with Crippen LogP contribution in [0.4, 0.5) is 11.6 Å². The third-order valence-corrected chi connectivity index (χ3v) is 7.96. The summed E-state index contributed by atoms with van der Waals surface area (Å²) in [6, 6.07) is 7.86. The molecule has 0 spiro atoms. The van der Waals surface area contributed by atoms with Crippen LogP contribution < -0.4 is 20.3 Å². The van der Waals surface area contributed by atoms with Crippen LogP contribution in [0, 0.1) is 13.8 Å². The molecule has 38 heavy (non-hydrogen) atoms. The summed E-state index contributed by atoms with van der Waals surface area (Å²) >= 11 is 0. The Morgan fingerprint density at radius 3 is 2.66 bits per heavy atom. The van der Waals surface area contributed by atoms with Gasteiger partial charge in [0.2, 0.25) is 0 Å². The molecule has 5 rings (SSSR count). The quantitative estimate of drug-likeness (QED) is 0.545. The molecule has 0 radical (unpaired) electrons. The maximum atomic E-state index is 13.8. The average molecular weight is 520 g/mol. The molecule has 2 N–H and O–H groups in total. The highest BCUT2D eigenvalue weighted by Crippen LogP contribution is 2.34. The minimum atomic E-state index is -0.201. The number of anilines is 2. The number of nitrogens with zero attached hydrogens (tertiary/aromatic N) is 6. The highest BCUT2D eigenvalue weighted by atomic mass is 16.5. The molecule has 0 saturated carbocycles. The molecule has 1 aromatic carbocycles. The fraction of sp³-hybridized carbons (Fsp3) is 0.552. The molecular formula is C29H41N7O2. The molecule has 2 aliphatic heterocycles. The smallest absolute Gasteiger partial charge is 0.257 e. The second kappa shape index (κ2) is 10.8. The van der Waals surface area contributed by atoms with Gasteiger partial charge in [0.25, 0.3) is 5.91 Å². The molecule has 1 amide bonds. The van der Waals surface area contributed by atoms with Crippen LogP contribution >= 0.6 is 0 Å². The zero-order valence-electron chi connectivity index (χ0n) is 23.4. The molecule has 1 fully saturated rings. The first-order chi connectivity index (χ1) is 18.3. The van der Waals surface area contributed by atoms with Gasteiger partial charge in [-0.25, -0.2) is 4.98 Å². The summed E-state index contributed by atoms with van der Waals surface area (Å²) in [5, 5.41) is 5.07. The van der Waals surface area contributed by atoms with E-state index in [1.807, 2.05) is 42.8 Å². The van der Waals surface area contributed by atoms with E-state index in [0.717, 1.165) is 85.8 Å². The van der Waals surface area contributed by atoms with Crippen LogP contribution in [0.25, 0.3) is 5.65 Å². The van der Waals surface area contributed by atoms with Crippen molar-refractivity contribution in [1.29, 1.82) is 0 Å². The van der Waals surface area contributed by atoms with Gasteiger partial charge in [-0.2, -0.15) is 9.61 Å². The molecule has 2 bridgehead atoms. The molecule has 2 atom stereocenters. The lowest BCUT2D eigenvalue weighted by atomic mass is 10.1. The molecule has 4 heterocycles. The van der Waals surface area contributed by atoms with Crippen molar-refractivity contribution in [3.63, 3.8) is 0 Å². The standard InChI is InChI=1S/C29H41N7O2/c1-6-24-23-17-26-31-27(35-14-12-21(30)18-35)20(3)28(36(26)32-23)33(4)13-8-7-9-15-38-25-11-10-19(2)16-22(25)29(37)34(24)5/h10-11,16-17,21,24H,6-9,12-15,18,30H2,1-5H3. The van der Waals surface area contributed by atoms with E-state index in [-0.39, 0.29) is 18.0 Å². The Balaban J connectivity index is 1.63. The number of carbonyl (C=O) groups excluding carboxylic acids is 1. The van der Waals surface area contributed by atoms with Crippen LogP contribution in [0.15, 0.2) is 24.3 Å². The predicted molar refractivity (Wildman–Crippen MR) is 151 cm³/mol. The molecule has 0 aliphatic carbocycles. The van der Waals surface area contributed by atoms with Gasteiger partial charge in [-0.3, -0.25) is 4.79 Å². The van der Waals surface area contributed by atoms with E-state index in [1.165, 1.54) is 0 Å². The first-order valence-corrected chi connectivity index (χ1v) is 13.9. The Kier molecular flexibility index (Phi) is 7.47. The Morgan fingerprint density at radius 1 is 1.11 bits per heavy atom. The Morgan fingerprint density at radius 2 is 1.92 bits per heavy atom. The van der Waals surface area contributed by atoms with Crippen molar-refractivity contribution in [2.45, 2.75) is 65.0 Å². The third-order valence-electron chi connectivity index (χ3n) is 7.96. The Bertz CT molecular complexity index is 1320. The van der Waals surface area contributed by atoms with Crippen LogP contribution in [-0.2, 0) is 0 Å². The number of hydrogen-bond donors (Lipinski definition) is 1. The van der Waals surface area contributed by atoms with Gasteiger partial charge in [0.15, 0.2) is 5.65 Å². The van der Waals surface area contributed by atoms with Gasteiger partial charge in [-0.15, -0.1) is 0 Å². The fourth-order valence-electron chi connectivity index (χ4n) is 5.84. The van der Waals surface area contributed by atoms with E-state index in [4.69, 9.17) is 20.6 Å². The van der Waals surface area contributed by atoms with Crippen molar-refractivity contribution in [3.8, 4) is 5.75 Å². The van der Waals surface area contributed by atoms with Gasteiger partial charge in [0.05, 0.1) is 23.9 Å². The molecule has 204 valence electrons. The molecule has 3 aromatic rings. The van der Waals surface area contributed by atoms with Crippen LogP contribution in [-0.4, -0.2) is 71.8 Å². The lowest BCUT2D eigenvalue weighted by Gasteiger charge is -2.27. The highest BCUT2D eigenvalue weighted by Gasteiger charge is 2.29. The second-order valence-electron chi connectivity index (χ2n) is 10.9. The number of ether oxygens (including phenoxy) is 1. The molecular weight excluding hydrogens is 478 g/mol. The van der Waals surface area contributed by atoms with Crippen LogP contribution in [0.3, 0.4) is 0 Å². The summed E-state index contributed by atoms with van der Waals surface area (Å²) in [4.78, 5) is 25.3. The first kappa shape index (κ1) is 26.3.